The van der Waals surface area contributed by atoms with Crippen LogP contribution in [-0.4, -0.2) is 121 Å². The monoisotopic (exact) mass is 892 g/mol. The van der Waals surface area contributed by atoms with Crippen LogP contribution >= 0.6 is 0 Å². The van der Waals surface area contributed by atoms with Gasteiger partial charge < -0.3 is 29.7 Å². The Morgan fingerprint density at radius 3 is 2.33 bits per heavy atom. The fourth-order valence-corrected chi connectivity index (χ4v) is 10.2. The molecule has 0 bridgehead atoms. The van der Waals surface area contributed by atoms with E-state index in [2.05, 4.69) is 64.6 Å². The van der Waals surface area contributed by atoms with Gasteiger partial charge in [0.15, 0.2) is 23.6 Å². The molecule has 3 aromatic carbocycles. The van der Waals surface area contributed by atoms with E-state index in [1.54, 1.807) is 23.4 Å². The maximum absolute atomic E-state index is 13.4. The number of hydrogen-bond donors (Lipinski definition) is 3. The van der Waals surface area contributed by atoms with Crippen molar-refractivity contribution in [2.24, 2.45) is 5.92 Å². The molecule has 10 rings (SSSR count). The molecule has 66 heavy (non-hydrogen) atoms. The minimum absolute atomic E-state index is 0.0292. The number of rotatable bonds is 13. The molecule has 6 heterocycles. The molecule has 17 heteroatoms. The fourth-order valence-electron chi connectivity index (χ4n) is 10.2. The first-order valence-electron chi connectivity index (χ1n) is 23.0. The molecule has 0 spiro atoms. The van der Waals surface area contributed by atoms with Gasteiger partial charge in [0.05, 0.1) is 23.9 Å². The van der Waals surface area contributed by atoms with Gasteiger partial charge in [-0.1, -0.05) is 48.5 Å². The third kappa shape index (κ3) is 8.86. The number of fused-ring (bicyclic) bond motifs is 2. The lowest BCUT2D eigenvalue weighted by Gasteiger charge is -2.37. The molecule has 5 aliphatic rings. The maximum atomic E-state index is 13.4. The SMILES string of the molecule is O=C1CC[C@H](N2C(=O)c3cccc(OCC(=O)N4CCC(CN5CCC(c6ccc(Nc7ncnc8c7ncn8C7CC(NC(=O)Cc8ccccc8)C7)cc6)CC5)CC4)c3C2=O)C(=O)N1. The predicted octanol–water partition coefficient (Wildman–Crippen LogP) is 4.53. The number of imide groups is 2. The van der Waals surface area contributed by atoms with E-state index in [0.29, 0.717) is 42.7 Å². The smallest absolute Gasteiger partial charge is 0.266 e. The first kappa shape index (κ1) is 42.9. The van der Waals surface area contributed by atoms with Gasteiger partial charge in [-0.05, 0) is 105 Å². The maximum Gasteiger partial charge on any atom is 0.266 e. The Balaban J connectivity index is 0.652. The van der Waals surface area contributed by atoms with Gasteiger partial charge in [0.2, 0.25) is 17.7 Å². The van der Waals surface area contributed by atoms with Gasteiger partial charge in [-0.25, -0.2) is 15.0 Å². The summed E-state index contributed by atoms with van der Waals surface area (Å²) >= 11 is 0. The minimum atomic E-state index is -1.08. The van der Waals surface area contributed by atoms with Crippen LogP contribution in [0.4, 0.5) is 11.5 Å². The van der Waals surface area contributed by atoms with Crippen molar-refractivity contribution in [2.75, 3.05) is 44.6 Å². The highest BCUT2D eigenvalue weighted by atomic mass is 16.5. The summed E-state index contributed by atoms with van der Waals surface area (Å²) in [5, 5.41) is 8.82. The van der Waals surface area contributed by atoms with E-state index >= 15 is 0 Å². The van der Waals surface area contributed by atoms with Crippen LogP contribution in [0.15, 0.2) is 85.5 Å². The van der Waals surface area contributed by atoms with E-state index in [-0.39, 0.29) is 60.2 Å². The standard InChI is InChI=1S/C49H52N10O7/c60-40-14-13-38(47(63)55-40)59-48(64)37-7-4-8-39(43(37)49(59)65)66-27-42(62)57-21-15-31(16-22-57)26-56-19-17-33(18-20-56)32-9-11-34(12-10-32)54-45-44-46(51-28-50-45)58(29-52-44)36-24-35(25-36)53-41(61)23-30-5-2-1-3-6-30/h1-12,28-29,31,33,35-36,38H,13-27H2,(H,53,61)(H,50,51,54)(H,55,60,63)/t35?,36?,38-/m0/s1. The molecule has 1 atom stereocenters. The third-order valence-electron chi connectivity index (χ3n) is 13.9. The Labute approximate surface area is 381 Å². The second kappa shape index (κ2) is 18.5. The summed E-state index contributed by atoms with van der Waals surface area (Å²) in [6.07, 6.45) is 9.45. The molecule has 6 amide bonds. The first-order valence-corrected chi connectivity index (χ1v) is 23.0. The zero-order valence-corrected chi connectivity index (χ0v) is 36.6. The van der Waals surface area contributed by atoms with Crippen LogP contribution in [0.1, 0.15) is 95.2 Å². The number of nitrogens with zero attached hydrogens (tertiary/aromatic N) is 7. The summed E-state index contributed by atoms with van der Waals surface area (Å²) in [5.74, 6) is -0.818. The topological polar surface area (TPSA) is 201 Å². The minimum Gasteiger partial charge on any atom is -0.483 e. The highest BCUT2D eigenvalue weighted by Crippen LogP contribution is 2.37. The van der Waals surface area contributed by atoms with Crippen molar-refractivity contribution in [2.45, 2.75) is 81.8 Å². The molecule has 0 unspecified atom stereocenters. The van der Waals surface area contributed by atoms with Gasteiger partial charge in [-0.15, -0.1) is 0 Å². The molecule has 1 saturated carbocycles. The van der Waals surface area contributed by atoms with Crippen LogP contribution in [0.3, 0.4) is 0 Å². The molecule has 2 aromatic heterocycles. The quantitative estimate of drug-likeness (QED) is 0.140. The number of likely N-dealkylation sites (tertiary alicyclic amines) is 2. The lowest BCUT2D eigenvalue weighted by atomic mass is 9.86. The van der Waals surface area contributed by atoms with Crippen LogP contribution < -0.4 is 20.7 Å². The summed E-state index contributed by atoms with van der Waals surface area (Å²) in [4.78, 5) is 95.6. The number of piperidine rings is 3. The molecule has 3 N–H and O–H groups in total. The number of ether oxygens (including phenoxy) is 1. The molecule has 4 fully saturated rings. The molecule has 340 valence electrons. The van der Waals surface area contributed by atoms with Gasteiger partial charge >= 0.3 is 0 Å². The van der Waals surface area contributed by atoms with Gasteiger partial charge in [0, 0.05) is 43.8 Å². The second-order valence-corrected chi connectivity index (χ2v) is 18.2. The number of carbonyl (C=O) groups excluding carboxylic acids is 6. The van der Waals surface area contributed by atoms with Crippen LogP contribution in [0, 0.1) is 5.92 Å². The van der Waals surface area contributed by atoms with Crippen molar-refractivity contribution < 1.29 is 33.5 Å². The Morgan fingerprint density at radius 1 is 0.803 bits per heavy atom. The Bertz CT molecular complexity index is 2670. The van der Waals surface area contributed by atoms with Crippen molar-refractivity contribution >= 4 is 58.1 Å². The van der Waals surface area contributed by atoms with Gasteiger partial charge in [-0.3, -0.25) is 39.0 Å². The van der Waals surface area contributed by atoms with Crippen LogP contribution in [0.2, 0.25) is 0 Å². The average Bonchev–Trinajstić information content (AvgIpc) is 3.86. The number of amides is 6. The van der Waals surface area contributed by atoms with Gasteiger partial charge in [-0.2, -0.15) is 0 Å². The summed E-state index contributed by atoms with van der Waals surface area (Å²) in [6, 6.07) is 22.3. The summed E-state index contributed by atoms with van der Waals surface area (Å²) in [5.41, 5.74) is 4.89. The molecule has 17 nitrogen and oxygen atoms in total. The molecular weight excluding hydrogens is 841 g/mol. The van der Waals surface area contributed by atoms with E-state index in [0.717, 1.165) is 80.0 Å². The van der Waals surface area contributed by atoms with E-state index < -0.39 is 29.7 Å². The van der Waals surface area contributed by atoms with Gasteiger partial charge in [0.25, 0.3) is 17.7 Å². The highest BCUT2D eigenvalue weighted by Gasteiger charge is 2.46. The second-order valence-electron chi connectivity index (χ2n) is 18.2. The number of anilines is 2. The zero-order chi connectivity index (χ0) is 45.3. The van der Waals surface area contributed by atoms with Crippen molar-refractivity contribution in [3.8, 4) is 5.75 Å². The first-order chi connectivity index (χ1) is 32.1. The molecule has 3 saturated heterocycles. The van der Waals surface area contributed by atoms with Crippen LogP contribution in [0.5, 0.6) is 5.75 Å². The lowest BCUT2D eigenvalue weighted by Crippen LogP contribution is -2.54. The number of imidazole rings is 1. The molecule has 4 aliphatic heterocycles. The number of hydrogen-bond acceptors (Lipinski definition) is 12. The highest BCUT2D eigenvalue weighted by molar-refractivity contribution is 6.24. The molecule has 5 aromatic rings. The van der Waals surface area contributed by atoms with E-state index in [4.69, 9.17) is 4.74 Å². The summed E-state index contributed by atoms with van der Waals surface area (Å²) < 4.78 is 7.96. The molecule has 1 aliphatic carbocycles. The number of carbonyl (C=O) groups is 6. The van der Waals surface area contributed by atoms with E-state index in [9.17, 15) is 28.8 Å². The Hall–Kier alpha value is -7.01. The Kier molecular flexibility index (Phi) is 12.0. The van der Waals surface area contributed by atoms with Crippen LogP contribution in [0.25, 0.3) is 11.2 Å². The van der Waals surface area contributed by atoms with Crippen LogP contribution in [-0.2, 0) is 25.6 Å². The molecule has 0 radical (unpaired) electrons. The predicted molar refractivity (Wildman–Crippen MR) is 242 cm³/mol. The summed E-state index contributed by atoms with van der Waals surface area (Å²) in [7, 11) is 0. The third-order valence-corrected chi connectivity index (χ3v) is 13.9. The number of nitrogens with one attached hydrogen (secondary N) is 3. The van der Waals surface area contributed by atoms with Crippen molar-refractivity contribution in [3.05, 3.63) is 108 Å². The Morgan fingerprint density at radius 2 is 1.58 bits per heavy atom. The largest absolute Gasteiger partial charge is 0.483 e. The summed E-state index contributed by atoms with van der Waals surface area (Å²) in [6.45, 7) is 4.01. The van der Waals surface area contributed by atoms with E-state index in [1.165, 1.54) is 11.6 Å². The normalized spacial score (nSPS) is 21.7. The van der Waals surface area contributed by atoms with Crippen molar-refractivity contribution in [1.82, 2.24) is 44.9 Å². The van der Waals surface area contributed by atoms with Crippen molar-refractivity contribution in [3.63, 3.8) is 0 Å². The van der Waals surface area contributed by atoms with Gasteiger partial charge in [0.1, 0.15) is 18.1 Å². The fraction of sp³-hybridized carbons (Fsp3) is 0.408. The lowest BCUT2D eigenvalue weighted by molar-refractivity contribution is -0.136. The molecular formula is C49H52N10O7. The number of aromatic nitrogens is 4. The van der Waals surface area contributed by atoms with E-state index in [1.807, 2.05) is 36.7 Å². The van der Waals surface area contributed by atoms with Crippen molar-refractivity contribution in [1.29, 1.82) is 0 Å². The number of benzene rings is 3. The average molecular weight is 893 g/mol. The zero-order valence-electron chi connectivity index (χ0n) is 36.6.